The predicted molar refractivity (Wildman–Crippen MR) is 122 cm³/mol. The third kappa shape index (κ3) is 2.32. The Morgan fingerprint density at radius 2 is 1.45 bits per heavy atom. The van der Waals surface area contributed by atoms with Crippen molar-refractivity contribution in [1.29, 1.82) is 0 Å². The van der Waals surface area contributed by atoms with Gasteiger partial charge in [-0.1, -0.05) is 36.4 Å². The number of para-hydroxylation sites is 1. The SMILES string of the molecule is CC1(C)OB(c2cc3c4ccccc4oc3c3c2sc2ccccc23)OC1(C)C. The molecule has 0 unspecified atom stereocenters. The molecule has 144 valence electrons. The van der Waals surface area contributed by atoms with Gasteiger partial charge in [-0.2, -0.15) is 0 Å². The molecule has 1 saturated heterocycles. The van der Waals surface area contributed by atoms with Gasteiger partial charge in [0.25, 0.3) is 0 Å². The first kappa shape index (κ1) is 17.5. The summed E-state index contributed by atoms with van der Waals surface area (Å²) in [5, 5.41) is 4.61. The Hall–Kier alpha value is -2.34. The summed E-state index contributed by atoms with van der Waals surface area (Å²) < 4.78 is 21.7. The monoisotopic (exact) mass is 400 g/mol. The van der Waals surface area contributed by atoms with Crippen molar-refractivity contribution in [3.8, 4) is 0 Å². The van der Waals surface area contributed by atoms with Crippen LogP contribution in [0.25, 0.3) is 42.1 Å². The van der Waals surface area contributed by atoms with Gasteiger partial charge in [0.2, 0.25) is 0 Å². The van der Waals surface area contributed by atoms with E-state index in [1.54, 1.807) is 11.3 Å². The fraction of sp³-hybridized carbons (Fsp3) is 0.250. The first-order valence-corrected chi connectivity index (χ1v) is 10.8. The van der Waals surface area contributed by atoms with Crippen LogP contribution in [0.4, 0.5) is 0 Å². The lowest BCUT2D eigenvalue weighted by Crippen LogP contribution is -2.41. The molecule has 1 fully saturated rings. The van der Waals surface area contributed by atoms with Crippen LogP contribution in [0.15, 0.2) is 59.0 Å². The first-order chi connectivity index (χ1) is 13.9. The molecule has 6 rings (SSSR count). The first-order valence-electron chi connectivity index (χ1n) is 9.97. The third-order valence-electron chi connectivity index (χ3n) is 6.53. The average Bonchev–Trinajstić information content (AvgIpc) is 3.30. The highest BCUT2D eigenvalue weighted by Gasteiger charge is 2.52. The van der Waals surface area contributed by atoms with Crippen molar-refractivity contribution in [2.45, 2.75) is 38.9 Å². The van der Waals surface area contributed by atoms with E-state index in [1.165, 1.54) is 14.8 Å². The van der Waals surface area contributed by atoms with Gasteiger partial charge >= 0.3 is 7.12 Å². The largest absolute Gasteiger partial charge is 0.496 e. The molecule has 2 aromatic heterocycles. The van der Waals surface area contributed by atoms with Gasteiger partial charge in [-0.25, -0.2) is 0 Å². The Morgan fingerprint density at radius 3 is 2.21 bits per heavy atom. The number of furan rings is 1. The number of hydrogen-bond donors (Lipinski definition) is 0. The summed E-state index contributed by atoms with van der Waals surface area (Å²) >= 11 is 1.78. The molecule has 0 atom stereocenters. The molecule has 29 heavy (non-hydrogen) atoms. The minimum absolute atomic E-state index is 0.381. The molecule has 5 heteroatoms. The predicted octanol–water partition coefficient (Wildman–Crippen LogP) is 6.25. The molecule has 0 radical (unpaired) electrons. The van der Waals surface area contributed by atoms with Crippen molar-refractivity contribution >= 4 is 66.0 Å². The fourth-order valence-corrected chi connectivity index (χ4v) is 5.46. The molecule has 0 bridgehead atoms. The van der Waals surface area contributed by atoms with Gasteiger partial charge in [0.05, 0.1) is 11.2 Å². The Kier molecular flexibility index (Phi) is 3.40. The van der Waals surface area contributed by atoms with E-state index in [4.69, 9.17) is 13.7 Å². The van der Waals surface area contributed by atoms with Crippen molar-refractivity contribution in [1.82, 2.24) is 0 Å². The van der Waals surface area contributed by atoms with Crippen LogP contribution in [0.2, 0.25) is 0 Å². The highest BCUT2D eigenvalue weighted by atomic mass is 32.1. The van der Waals surface area contributed by atoms with Gasteiger partial charge < -0.3 is 13.7 Å². The van der Waals surface area contributed by atoms with Crippen molar-refractivity contribution in [2.75, 3.05) is 0 Å². The van der Waals surface area contributed by atoms with Crippen LogP contribution in [0.3, 0.4) is 0 Å². The van der Waals surface area contributed by atoms with Gasteiger partial charge in [-0.15, -0.1) is 11.3 Å². The second kappa shape index (κ2) is 5.63. The van der Waals surface area contributed by atoms with E-state index in [-0.39, 0.29) is 11.2 Å². The molecule has 3 aromatic carbocycles. The van der Waals surface area contributed by atoms with E-state index >= 15 is 0 Å². The van der Waals surface area contributed by atoms with E-state index in [1.807, 2.05) is 12.1 Å². The average molecular weight is 400 g/mol. The summed E-state index contributed by atoms with van der Waals surface area (Å²) in [7, 11) is -0.409. The number of fused-ring (bicyclic) bond motifs is 7. The molecule has 0 saturated carbocycles. The van der Waals surface area contributed by atoms with E-state index in [0.29, 0.717) is 0 Å². The molecule has 1 aliphatic rings. The Bertz CT molecular complexity index is 1410. The standard InChI is InChI=1S/C24H21BO3S/c1-23(2)24(3,4)28-25(27-23)17-13-16-14-9-5-7-11-18(14)26-21(16)20-15-10-6-8-12-19(15)29-22(17)20/h5-13H,1-4H3. The van der Waals surface area contributed by atoms with Crippen LogP contribution < -0.4 is 5.46 Å². The van der Waals surface area contributed by atoms with Crippen molar-refractivity contribution in [3.63, 3.8) is 0 Å². The lowest BCUT2D eigenvalue weighted by Gasteiger charge is -2.32. The highest BCUT2D eigenvalue weighted by Crippen LogP contribution is 2.43. The Morgan fingerprint density at radius 1 is 0.793 bits per heavy atom. The van der Waals surface area contributed by atoms with Crippen LogP contribution in [-0.4, -0.2) is 18.3 Å². The number of thiophene rings is 1. The molecule has 1 aliphatic heterocycles. The van der Waals surface area contributed by atoms with Crippen LogP contribution in [0.5, 0.6) is 0 Å². The number of rotatable bonds is 1. The summed E-state index contributed by atoms with van der Waals surface area (Å²) in [5.41, 5.74) is 2.17. The molecule has 3 nitrogen and oxygen atoms in total. The molecule has 0 aliphatic carbocycles. The van der Waals surface area contributed by atoms with Crippen LogP contribution in [-0.2, 0) is 9.31 Å². The molecule has 3 heterocycles. The topological polar surface area (TPSA) is 31.6 Å². The summed E-state index contributed by atoms with van der Waals surface area (Å²) in [6, 6.07) is 19.0. The zero-order valence-electron chi connectivity index (χ0n) is 16.9. The van der Waals surface area contributed by atoms with Crippen LogP contribution >= 0.6 is 11.3 Å². The number of hydrogen-bond acceptors (Lipinski definition) is 4. The van der Waals surface area contributed by atoms with Gasteiger partial charge in [-0.05, 0) is 45.9 Å². The maximum Gasteiger partial charge on any atom is 0.496 e. The molecule has 0 spiro atoms. The van der Waals surface area contributed by atoms with Gasteiger partial charge in [0, 0.05) is 36.4 Å². The van der Waals surface area contributed by atoms with E-state index < -0.39 is 7.12 Å². The van der Waals surface area contributed by atoms with Gasteiger partial charge in [0.1, 0.15) is 11.2 Å². The van der Waals surface area contributed by atoms with Crippen molar-refractivity contribution in [3.05, 3.63) is 54.6 Å². The Balaban J connectivity index is 1.75. The van der Waals surface area contributed by atoms with E-state index in [0.717, 1.165) is 32.8 Å². The van der Waals surface area contributed by atoms with Crippen molar-refractivity contribution in [2.24, 2.45) is 0 Å². The molecule has 5 aromatic rings. The second-order valence-corrected chi connectivity index (χ2v) is 9.88. The lowest BCUT2D eigenvalue weighted by molar-refractivity contribution is 0.00578. The Labute approximate surface area is 173 Å². The zero-order chi connectivity index (χ0) is 20.0. The quantitative estimate of drug-likeness (QED) is 0.312. The summed E-state index contributed by atoms with van der Waals surface area (Å²) in [6.07, 6.45) is 0. The minimum Gasteiger partial charge on any atom is -0.455 e. The third-order valence-corrected chi connectivity index (χ3v) is 7.75. The maximum atomic E-state index is 6.45. The highest BCUT2D eigenvalue weighted by molar-refractivity contribution is 7.27. The van der Waals surface area contributed by atoms with Gasteiger partial charge in [0.15, 0.2) is 0 Å². The molecular formula is C24H21BO3S. The van der Waals surface area contributed by atoms with Crippen LogP contribution in [0.1, 0.15) is 27.7 Å². The molecule has 0 N–H and O–H groups in total. The molecular weight excluding hydrogens is 379 g/mol. The summed E-state index contributed by atoms with van der Waals surface area (Å²) in [6.45, 7) is 8.39. The number of benzene rings is 3. The van der Waals surface area contributed by atoms with E-state index in [2.05, 4.69) is 70.2 Å². The van der Waals surface area contributed by atoms with Crippen LogP contribution in [0, 0.1) is 0 Å². The zero-order valence-corrected chi connectivity index (χ0v) is 17.7. The summed E-state index contributed by atoms with van der Waals surface area (Å²) in [4.78, 5) is 0. The summed E-state index contributed by atoms with van der Waals surface area (Å²) in [5.74, 6) is 0. The van der Waals surface area contributed by atoms with E-state index in [9.17, 15) is 0 Å². The maximum absolute atomic E-state index is 6.45. The fourth-order valence-electron chi connectivity index (χ4n) is 4.23. The minimum atomic E-state index is -0.409. The second-order valence-electron chi connectivity index (χ2n) is 8.83. The lowest BCUT2D eigenvalue weighted by atomic mass is 9.77. The van der Waals surface area contributed by atoms with Gasteiger partial charge in [-0.3, -0.25) is 0 Å². The smallest absolute Gasteiger partial charge is 0.455 e. The van der Waals surface area contributed by atoms with Crippen molar-refractivity contribution < 1.29 is 13.7 Å². The normalized spacial score (nSPS) is 18.6. The molecule has 0 amide bonds.